The van der Waals surface area contributed by atoms with E-state index in [1.165, 1.54) is 0 Å². The number of likely N-dealkylation sites (tertiary alicyclic amines) is 2. The summed E-state index contributed by atoms with van der Waals surface area (Å²) in [7, 11) is 0. The van der Waals surface area contributed by atoms with Crippen LogP contribution in [-0.4, -0.2) is 69.1 Å². The normalized spacial score (nSPS) is 22.8. The summed E-state index contributed by atoms with van der Waals surface area (Å²) in [6, 6.07) is 16.4. The van der Waals surface area contributed by atoms with Crippen LogP contribution in [0.15, 0.2) is 60.9 Å². The van der Waals surface area contributed by atoms with E-state index in [9.17, 15) is 9.90 Å². The van der Waals surface area contributed by atoms with Crippen LogP contribution in [0.3, 0.4) is 0 Å². The van der Waals surface area contributed by atoms with Gasteiger partial charge in [0.2, 0.25) is 0 Å². The second-order valence-electron chi connectivity index (χ2n) is 8.75. The quantitative estimate of drug-likeness (QED) is 0.708. The van der Waals surface area contributed by atoms with E-state index in [1.807, 2.05) is 29.2 Å². The number of hydrogen-bond donors (Lipinski definition) is 1. The van der Waals surface area contributed by atoms with Crippen LogP contribution in [0.25, 0.3) is 10.9 Å². The number of piperidine rings is 1. The van der Waals surface area contributed by atoms with Gasteiger partial charge in [-0.15, -0.1) is 0 Å². The molecule has 0 spiro atoms. The third-order valence-electron chi connectivity index (χ3n) is 6.74. The predicted molar refractivity (Wildman–Crippen MR) is 120 cm³/mol. The number of aromatic nitrogens is 2. The van der Waals surface area contributed by atoms with Gasteiger partial charge >= 0.3 is 0 Å². The van der Waals surface area contributed by atoms with Gasteiger partial charge in [-0.3, -0.25) is 19.7 Å². The number of β-amino-alcohol motifs (C(OH)–C–C–N with tert-alkyl or cyclic N) is 1. The van der Waals surface area contributed by atoms with Crippen molar-refractivity contribution in [3.05, 3.63) is 72.2 Å². The monoisotopic (exact) mass is 416 g/mol. The molecular weight excluding hydrogens is 388 g/mol. The first-order valence-electron chi connectivity index (χ1n) is 11.1. The van der Waals surface area contributed by atoms with Crippen molar-refractivity contribution >= 4 is 16.8 Å². The Balaban J connectivity index is 1.17. The summed E-state index contributed by atoms with van der Waals surface area (Å²) in [6.07, 6.45) is 5.67. The SMILES string of the molecule is O=C(c1cccnc1)N1CCC(N2C[C@@H](Cc3ccc4ccccc4n3)[C@H](O)C2)CC1. The molecule has 0 radical (unpaired) electrons. The molecule has 2 aliphatic rings. The fourth-order valence-corrected chi connectivity index (χ4v) is 4.98. The van der Waals surface area contributed by atoms with E-state index in [0.29, 0.717) is 18.2 Å². The van der Waals surface area contributed by atoms with Crippen LogP contribution in [-0.2, 0) is 6.42 Å². The number of carbonyl (C=O) groups is 1. The lowest BCUT2D eigenvalue weighted by Gasteiger charge is -2.36. The molecule has 1 amide bonds. The van der Waals surface area contributed by atoms with Gasteiger partial charge in [0.05, 0.1) is 17.2 Å². The summed E-state index contributed by atoms with van der Waals surface area (Å²) in [5.41, 5.74) is 2.71. The average molecular weight is 417 g/mol. The van der Waals surface area contributed by atoms with Crippen LogP contribution >= 0.6 is 0 Å². The van der Waals surface area contributed by atoms with Gasteiger partial charge in [0.25, 0.3) is 5.91 Å². The molecule has 3 aromatic rings. The summed E-state index contributed by atoms with van der Waals surface area (Å²) in [5, 5.41) is 11.9. The Morgan fingerprint density at radius 1 is 1.03 bits per heavy atom. The zero-order chi connectivity index (χ0) is 21.2. The molecule has 2 aromatic heterocycles. The number of rotatable bonds is 4. The molecule has 0 saturated carbocycles. The van der Waals surface area contributed by atoms with Gasteiger partial charge in [0, 0.05) is 61.6 Å². The van der Waals surface area contributed by atoms with Crippen LogP contribution in [0.1, 0.15) is 28.9 Å². The Kier molecular flexibility index (Phi) is 5.66. The molecule has 0 bridgehead atoms. The Labute approximate surface area is 182 Å². The van der Waals surface area contributed by atoms with Gasteiger partial charge in [-0.2, -0.15) is 0 Å². The Bertz CT molecular complexity index is 1050. The first kappa shape index (κ1) is 20.1. The van der Waals surface area contributed by atoms with Gasteiger partial charge < -0.3 is 10.0 Å². The van der Waals surface area contributed by atoms with Gasteiger partial charge in [-0.05, 0) is 43.5 Å². The lowest BCUT2D eigenvalue weighted by atomic mass is 9.99. The maximum atomic E-state index is 12.7. The molecule has 2 aliphatic heterocycles. The van der Waals surface area contributed by atoms with E-state index in [4.69, 9.17) is 4.98 Å². The fourth-order valence-electron chi connectivity index (χ4n) is 4.98. The largest absolute Gasteiger partial charge is 0.391 e. The van der Waals surface area contributed by atoms with Crippen LogP contribution < -0.4 is 0 Å². The van der Waals surface area contributed by atoms with E-state index < -0.39 is 0 Å². The van der Waals surface area contributed by atoms with Crippen molar-refractivity contribution in [3.63, 3.8) is 0 Å². The molecular formula is C25H28N4O2. The van der Waals surface area contributed by atoms with Crippen molar-refractivity contribution in [2.24, 2.45) is 5.92 Å². The third kappa shape index (κ3) is 4.31. The minimum absolute atomic E-state index is 0.0632. The first-order chi connectivity index (χ1) is 15.2. The number of benzene rings is 1. The molecule has 0 aliphatic carbocycles. The number of amides is 1. The molecule has 5 rings (SSSR count). The first-order valence-corrected chi connectivity index (χ1v) is 11.1. The number of hydrogen-bond acceptors (Lipinski definition) is 5. The smallest absolute Gasteiger partial charge is 0.255 e. The fraction of sp³-hybridized carbons (Fsp3) is 0.400. The standard InChI is InChI=1S/C25H28N4O2/c30-24-17-29(16-20(24)14-21-8-7-18-4-1-2-6-23(18)27-21)22-9-12-28(13-10-22)25(31)19-5-3-11-26-15-19/h1-8,11,15,20,22,24,30H,9-10,12-14,16-17H2/t20-,24-/m1/s1. The highest BCUT2D eigenvalue weighted by Crippen LogP contribution is 2.27. The predicted octanol–water partition coefficient (Wildman–Crippen LogP) is 2.77. The van der Waals surface area contributed by atoms with Crippen molar-refractivity contribution in [1.29, 1.82) is 0 Å². The Hall–Kier alpha value is -2.83. The number of fused-ring (bicyclic) bond motifs is 1. The number of carbonyl (C=O) groups excluding carboxylic acids is 1. The molecule has 0 unspecified atom stereocenters. The minimum atomic E-state index is -0.330. The molecule has 2 fully saturated rings. The maximum absolute atomic E-state index is 12.7. The lowest BCUT2D eigenvalue weighted by Crippen LogP contribution is -2.46. The average Bonchev–Trinajstić information content (AvgIpc) is 3.19. The number of aliphatic hydroxyl groups is 1. The van der Waals surface area contributed by atoms with Crippen LogP contribution in [0.5, 0.6) is 0 Å². The number of aliphatic hydroxyl groups excluding tert-OH is 1. The molecule has 31 heavy (non-hydrogen) atoms. The molecule has 1 N–H and O–H groups in total. The van der Waals surface area contributed by atoms with Crippen molar-refractivity contribution in [2.75, 3.05) is 26.2 Å². The number of pyridine rings is 2. The maximum Gasteiger partial charge on any atom is 0.255 e. The van der Waals surface area contributed by atoms with E-state index >= 15 is 0 Å². The van der Waals surface area contributed by atoms with Gasteiger partial charge in [0.1, 0.15) is 0 Å². The number of nitrogens with zero attached hydrogens (tertiary/aromatic N) is 4. The van der Waals surface area contributed by atoms with Gasteiger partial charge in [-0.1, -0.05) is 24.3 Å². The summed E-state index contributed by atoms with van der Waals surface area (Å²) in [6.45, 7) is 3.10. The van der Waals surface area contributed by atoms with Crippen LogP contribution in [0.2, 0.25) is 0 Å². The Morgan fingerprint density at radius 2 is 1.87 bits per heavy atom. The van der Waals surface area contributed by atoms with E-state index in [-0.39, 0.29) is 17.9 Å². The summed E-state index contributed by atoms with van der Waals surface area (Å²) < 4.78 is 0. The molecule has 1 aromatic carbocycles. The highest BCUT2D eigenvalue weighted by atomic mass is 16.3. The molecule has 4 heterocycles. The third-order valence-corrected chi connectivity index (χ3v) is 6.74. The van der Waals surface area contributed by atoms with E-state index in [1.54, 1.807) is 18.5 Å². The van der Waals surface area contributed by atoms with Crippen molar-refractivity contribution in [1.82, 2.24) is 19.8 Å². The van der Waals surface area contributed by atoms with Gasteiger partial charge in [0.15, 0.2) is 0 Å². The second kappa shape index (κ2) is 8.73. The van der Waals surface area contributed by atoms with Crippen molar-refractivity contribution < 1.29 is 9.90 Å². The molecule has 2 saturated heterocycles. The van der Waals surface area contributed by atoms with Gasteiger partial charge in [-0.25, -0.2) is 0 Å². The summed E-state index contributed by atoms with van der Waals surface area (Å²) >= 11 is 0. The summed E-state index contributed by atoms with van der Waals surface area (Å²) in [5.74, 6) is 0.261. The lowest BCUT2D eigenvalue weighted by molar-refractivity contribution is 0.0627. The highest BCUT2D eigenvalue weighted by Gasteiger charge is 2.37. The molecule has 6 heteroatoms. The second-order valence-corrected chi connectivity index (χ2v) is 8.75. The minimum Gasteiger partial charge on any atom is -0.391 e. The van der Waals surface area contributed by atoms with Crippen LogP contribution in [0, 0.1) is 5.92 Å². The number of para-hydroxylation sites is 1. The molecule has 6 nitrogen and oxygen atoms in total. The molecule has 160 valence electrons. The van der Waals surface area contributed by atoms with Crippen molar-refractivity contribution in [2.45, 2.75) is 31.4 Å². The van der Waals surface area contributed by atoms with Crippen LogP contribution in [0.4, 0.5) is 0 Å². The summed E-state index contributed by atoms with van der Waals surface area (Å²) in [4.78, 5) is 25.8. The highest BCUT2D eigenvalue weighted by molar-refractivity contribution is 5.93. The zero-order valence-corrected chi connectivity index (χ0v) is 17.6. The molecule has 2 atom stereocenters. The van der Waals surface area contributed by atoms with E-state index in [0.717, 1.165) is 55.5 Å². The Morgan fingerprint density at radius 3 is 2.68 bits per heavy atom. The van der Waals surface area contributed by atoms with E-state index in [2.05, 4.69) is 28.1 Å². The van der Waals surface area contributed by atoms with Crippen molar-refractivity contribution in [3.8, 4) is 0 Å². The topological polar surface area (TPSA) is 69.6 Å². The zero-order valence-electron chi connectivity index (χ0n) is 17.6.